The minimum Gasteiger partial charge on any atom is -0.322 e. The van der Waals surface area contributed by atoms with E-state index in [9.17, 15) is 9.59 Å². The summed E-state index contributed by atoms with van der Waals surface area (Å²) in [6.07, 6.45) is 2.16. The molecule has 5 nitrogen and oxygen atoms in total. The van der Waals surface area contributed by atoms with Gasteiger partial charge in [0.15, 0.2) is 0 Å². The van der Waals surface area contributed by atoms with Gasteiger partial charge in [0.2, 0.25) is 5.91 Å². The quantitative estimate of drug-likeness (QED) is 0.779. The van der Waals surface area contributed by atoms with E-state index in [2.05, 4.69) is 15.3 Å². The molecular formula is C17H15N3O2. The van der Waals surface area contributed by atoms with Crippen molar-refractivity contribution in [2.75, 3.05) is 5.32 Å². The van der Waals surface area contributed by atoms with Crippen molar-refractivity contribution in [1.29, 1.82) is 0 Å². The number of nitrogens with zero attached hydrogens (tertiary/aromatic N) is 1. The van der Waals surface area contributed by atoms with Gasteiger partial charge in [0, 0.05) is 30.6 Å². The molecular weight excluding hydrogens is 278 g/mol. The summed E-state index contributed by atoms with van der Waals surface area (Å²) in [7, 11) is 0. The molecule has 2 heterocycles. The second kappa shape index (κ2) is 5.81. The van der Waals surface area contributed by atoms with Gasteiger partial charge in [-0.25, -0.2) is 4.98 Å². The Morgan fingerprint density at radius 1 is 1.23 bits per heavy atom. The van der Waals surface area contributed by atoms with Crippen molar-refractivity contribution in [3.63, 3.8) is 0 Å². The number of para-hydroxylation sites is 1. The SMILES string of the molecule is CC(=O)Nc1ccc(Cc2cc3ccccc3[nH]c2=O)cn1. The number of H-pyrrole nitrogens is 1. The minimum absolute atomic E-state index is 0.0929. The van der Waals surface area contributed by atoms with E-state index >= 15 is 0 Å². The van der Waals surface area contributed by atoms with Crippen LogP contribution in [0.25, 0.3) is 10.9 Å². The third-order valence-electron chi connectivity index (χ3n) is 3.35. The second-order valence-corrected chi connectivity index (χ2v) is 5.12. The molecule has 0 spiro atoms. The fourth-order valence-electron chi connectivity index (χ4n) is 2.33. The highest BCUT2D eigenvalue weighted by molar-refractivity contribution is 5.87. The molecule has 2 N–H and O–H groups in total. The zero-order chi connectivity index (χ0) is 15.5. The molecule has 0 aliphatic heterocycles. The number of anilines is 1. The van der Waals surface area contributed by atoms with Gasteiger partial charge in [-0.15, -0.1) is 0 Å². The average molecular weight is 293 g/mol. The largest absolute Gasteiger partial charge is 0.322 e. The van der Waals surface area contributed by atoms with E-state index in [4.69, 9.17) is 0 Å². The van der Waals surface area contributed by atoms with Crippen molar-refractivity contribution in [2.24, 2.45) is 0 Å². The molecule has 3 rings (SSSR count). The molecule has 5 heteroatoms. The van der Waals surface area contributed by atoms with Crippen LogP contribution in [0.2, 0.25) is 0 Å². The fraction of sp³-hybridized carbons (Fsp3) is 0.118. The predicted molar refractivity (Wildman–Crippen MR) is 85.9 cm³/mol. The molecule has 2 aromatic heterocycles. The Morgan fingerprint density at radius 2 is 2.05 bits per heavy atom. The van der Waals surface area contributed by atoms with E-state index in [0.29, 0.717) is 17.8 Å². The molecule has 0 aliphatic rings. The maximum Gasteiger partial charge on any atom is 0.251 e. The first kappa shape index (κ1) is 14.0. The highest BCUT2D eigenvalue weighted by atomic mass is 16.1. The molecule has 0 fully saturated rings. The van der Waals surface area contributed by atoms with Crippen molar-refractivity contribution in [3.05, 3.63) is 70.1 Å². The summed E-state index contributed by atoms with van der Waals surface area (Å²) in [5.41, 5.74) is 2.34. The molecule has 0 radical (unpaired) electrons. The molecule has 110 valence electrons. The number of carbonyl (C=O) groups excluding carboxylic acids is 1. The summed E-state index contributed by atoms with van der Waals surface area (Å²) in [6, 6.07) is 13.2. The summed E-state index contributed by atoms with van der Waals surface area (Å²) in [5, 5.41) is 3.61. The number of hydrogen-bond donors (Lipinski definition) is 2. The summed E-state index contributed by atoms with van der Waals surface area (Å²) in [4.78, 5) is 30.1. The van der Waals surface area contributed by atoms with Crippen LogP contribution in [0.1, 0.15) is 18.1 Å². The lowest BCUT2D eigenvalue weighted by atomic mass is 10.1. The van der Waals surface area contributed by atoms with Crippen LogP contribution in [0.3, 0.4) is 0 Å². The Balaban J connectivity index is 1.88. The number of aromatic nitrogens is 2. The Hall–Kier alpha value is -2.95. The van der Waals surface area contributed by atoms with Gasteiger partial charge in [-0.05, 0) is 29.1 Å². The lowest BCUT2D eigenvalue weighted by Gasteiger charge is -2.05. The number of carbonyl (C=O) groups is 1. The smallest absolute Gasteiger partial charge is 0.251 e. The maximum atomic E-state index is 12.1. The van der Waals surface area contributed by atoms with Gasteiger partial charge in [0.25, 0.3) is 5.56 Å². The topological polar surface area (TPSA) is 74.8 Å². The summed E-state index contributed by atoms with van der Waals surface area (Å²) >= 11 is 0. The van der Waals surface area contributed by atoms with Crippen LogP contribution < -0.4 is 10.9 Å². The summed E-state index contributed by atoms with van der Waals surface area (Å²) < 4.78 is 0. The Bertz CT molecular complexity index is 882. The molecule has 1 amide bonds. The first-order valence-corrected chi connectivity index (χ1v) is 6.95. The van der Waals surface area contributed by atoms with E-state index < -0.39 is 0 Å². The molecule has 0 unspecified atom stereocenters. The molecule has 0 saturated carbocycles. The first-order chi connectivity index (χ1) is 10.6. The van der Waals surface area contributed by atoms with Crippen molar-refractivity contribution < 1.29 is 4.79 Å². The van der Waals surface area contributed by atoms with Crippen molar-refractivity contribution in [1.82, 2.24) is 9.97 Å². The van der Waals surface area contributed by atoms with Gasteiger partial charge in [-0.3, -0.25) is 9.59 Å². The summed E-state index contributed by atoms with van der Waals surface area (Å²) in [5.74, 6) is 0.342. The zero-order valence-electron chi connectivity index (χ0n) is 12.1. The molecule has 0 atom stereocenters. The Morgan fingerprint density at radius 3 is 2.77 bits per heavy atom. The number of fused-ring (bicyclic) bond motifs is 1. The van der Waals surface area contributed by atoms with E-state index in [-0.39, 0.29) is 11.5 Å². The van der Waals surface area contributed by atoms with E-state index in [1.807, 2.05) is 36.4 Å². The average Bonchev–Trinajstić information content (AvgIpc) is 2.49. The van der Waals surface area contributed by atoms with Crippen LogP contribution in [0, 0.1) is 0 Å². The number of pyridine rings is 2. The third kappa shape index (κ3) is 3.03. The van der Waals surface area contributed by atoms with Gasteiger partial charge < -0.3 is 10.3 Å². The van der Waals surface area contributed by atoms with Crippen LogP contribution in [-0.4, -0.2) is 15.9 Å². The standard InChI is InChI=1S/C17H15N3O2/c1-11(21)19-16-7-6-12(10-18-16)8-14-9-13-4-2-3-5-15(13)20-17(14)22/h2-7,9-10H,8H2,1H3,(H,20,22)(H,18,19,21). The molecule has 1 aromatic carbocycles. The van der Waals surface area contributed by atoms with E-state index in [0.717, 1.165) is 16.5 Å². The second-order valence-electron chi connectivity index (χ2n) is 5.12. The van der Waals surface area contributed by atoms with Crippen LogP contribution in [-0.2, 0) is 11.2 Å². The molecule has 22 heavy (non-hydrogen) atoms. The number of hydrogen-bond acceptors (Lipinski definition) is 3. The van der Waals surface area contributed by atoms with Gasteiger partial charge in [-0.1, -0.05) is 24.3 Å². The lowest BCUT2D eigenvalue weighted by Crippen LogP contribution is -2.13. The highest BCUT2D eigenvalue weighted by Gasteiger charge is 2.05. The molecule has 0 bridgehead atoms. The molecule has 3 aromatic rings. The summed E-state index contributed by atoms with van der Waals surface area (Å²) in [6.45, 7) is 1.43. The Kier molecular flexibility index (Phi) is 3.70. The lowest BCUT2D eigenvalue weighted by molar-refractivity contribution is -0.114. The Labute approximate surface area is 127 Å². The van der Waals surface area contributed by atoms with Crippen LogP contribution in [0.15, 0.2) is 53.5 Å². The van der Waals surface area contributed by atoms with E-state index in [1.165, 1.54) is 6.92 Å². The third-order valence-corrected chi connectivity index (χ3v) is 3.35. The van der Waals surface area contributed by atoms with Gasteiger partial charge >= 0.3 is 0 Å². The highest BCUT2D eigenvalue weighted by Crippen LogP contribution is 2.13. The maximum absolute atomic E-state index is 12.1. The number of rotatable bonds is 3. The molecule has 0 saturated heterocycles. The van der Waals surface area contributed by atoms with Gasteiger partial charge in [-0.2, -0.15) is 0 Å². The van der Waals surface area contributed by atoms with Crippen LogP contribution in [0.4, 0.5) is 5.82 Å². The monoisotopic (exact) mass is 293 g/mol. The van der Waals surface area contributed by atoms with Crippen LogP contribution >= 0.6 is 0 Å². The number of aromatic amines is 1. The molecule has 0 aliphatic carbocycles. The van der Waals surface area contributed by atoms with Crippen molar-refractivity contribution in [3.8, 4) is 0 Å². The van der Waals surface area contributed by atoms with Crippen molar-refractivity contribution >= 4 is 22.6 Å². The fourth-order valence-corrected chi connectivity index (χ4v) is 2.33. The van der Waals surface area contributed by atoms with Crippen LogP contribution in [0.5, 0.6) is 0 Å². The van der Waals surface area contributed by atoms with Crippen molar-refractivity contribution in [2.45, 2.75) is 13.3 Å². The first-order valence-electron chi connectivity index (χ1n) is 6.95. The number of nitrogens with one attached hydrogen (secondary N) is 2. The van der Waals surface area contributed by atoms with Gasteiger partial charge in [0.05, 0.1) is 0 Å². The number of benzene rings is 1. The normalized spacial score (nSPS) is 10.6. The minimum atomic E-state index is -0.161. The van der Waals surface area contributed by atoms with Gasteiger partial charge in [0.1, 0.15) is 5.82 Å². The zero-order valence-corrected chi connectivity index (χ0v) is 12.1. The predicted octanol–water partition coefficient (Wildman–Crippen LogP) is 2.47. The number of amides is 1. The van der Waals surface area contributed by atoms with E-state index in [1.54, 1.807) is 12.3 Å².